The summed E-state index contributed by atoms with van der Waals surface area (Å²) < 4.78 is 19.6. The molecule has 1 aliphatic rings. The Morgan fingerprint density at radius 2 is 2.21 bits per heavy atom. The van der Waals surface area contributed by atoms with E-state index in [1.807, 2.05) is 22.6 Å². The number of ketones is 1. The van der Waals surface area contributed by atoms with E-state index in [0.717, 1.165) is 3.58 Å². The summed E-state index contributed by atoms with van der Waals surface area (Å²) in [6, 6.07) is -0.612. The molecule has 0 spiro atoms. The predicted octanol–water partition coefficient (Wildman–Crippen LogP) is 1.46. The minimum atomic E-state index is -2.41. The molecule has 0 saturated heterocycles. The maximum absolute atomic E-state index is 12.7. The zero-order valence-corrected chi connectivity index (χ0v) is 16.0. The summed E-state index contributed by atoms with van der Waals surface area (Å²) in [7, 11) is -2.41. The van der Waals surface area contributed by atoms with Gasteiger partial charge in [0, 0.05) is 10.0 Å². The molecule has 2 aromatic heterocycles. The number of nitrogens with two attached hydrogens (primary N) is 1. The van der Waals surface area contributed by atoms with Crippen LogP contribution in [0, 0.1) is 0 Å². The molecular weight excluding hydrogens is 448 g/mol. The minimum absolute atomic E-state index is 0.00281. The van der Waals surface area contributed by atoms with Gasteiger partial charge in [-0.1, -0.05) is 0 Å². The van der Waals surface area contributed by atoms with Crippen molar-refractivity contribution in [1.82, 2.24) is 19.5 Å². The first-order chi connectivity index (χ1) is 11.2. The van der Waals surface area contributed by atoms with Crippen molar-refractivity contribution in [3.05, 3.63) is 26.0 Å². The van der Waals surface area contributed by atoms with Crippen LogP contribution in [0.3, 0.4) is 0 Å². The van der Waals surface area contributed by atoms with E-state index in [9.17, 15) is 14.2 Å². The third kappa shape index (κ3) is 3.12. The van der Waals surface area contributed by atoms with Crippen LogP contribution in [-0.2, 0) is 14.1 Å². The van der Waals surface area contributed by atoms with Crippen molar-refractivity contribution in [3.63, 3.8) is 0 Å². The number of hydrogen-bond acceptors (Lipinski definition) is 7. The minimum Gasteiger partial charge on any atom is -0.481 e. The van der Waals surface area contributed by atoms with Crippen LogP contribution in [0.15, 0.2) is 20.5 Å². The summed E-state index contributed by atoms with van der Waals surface area (Å²) in [4.78, 5) is 35.0. The van der Waals surface area contributed by atoms with Gasteiger partial charge in [-0.05, 0) is 35.9 Å². The molecule has 0 bridgehead atoms. The van der Waals surface area contributed by atoms with Crippen LogP contribution in [-0.4, -0.2) is 45.0 Å². The highest BCUT2D eigenvalue weighted by Crippen LogP contribution is 2.41. The number of carbonyl (C=O) groups excluding carboxylic acids is 1. The third-order valence-electron chi connectivity index (χ3n) is 3.45. The van der Waals surface area contributed by atoms with E-state index < -0.39 is 18.7 Å². The van der Waals surface area contributed by atoms with Crippen LogP contribution < -0.4 is 11.3 Å². The molecule has 11 heteroatoms. The fraction of sp³-hybridized carbons (Fsp3) is 0.385. The smallest absolute Gasteiger partial charge is 0.280 e. The number of fused-ring (bicyclic) bond motifs is 1. The molecule has 128 valence electrons. The van der Waals surface area contributed by atoms with E-state index in [2.05, 4.69) is 15.0 Å². The molecule has 2 heterocycles. The fourth-order valence-corrected chi connectivity index (χ4v) is 3.68. The number of imidazole rings is 1. The summed E-state index contributed by atoms with van der Waals surface area (Å²) >= 11 is 2.04. The number of ether oxygens (including phenoxy) is 1. The summed E-state index contributed by atoms with van der Waals surface area (Å²) in [5.74, 6) is -0.0891. The average molecular weight is 463 g/mol. The van der Waals surface area contributed by atoms with Crippen molar-refractivity contribution in [1.29, 1.82) is 0 Å². The van der Waals surface area contributed by atoms with Gasteiger partial charge in [-0.15, -0.1) is 0 Å². The molecule has 0 fully saturated rings. The Morgan fingerprint density at radius 1 is 1.50 bits per heavy atom. The van der Waals surface area contributed by atoms with Gasteiger partial charge in [0.15, 0.2) is 16.9 Å². The van der Waals surface area contributed by atoms with E-state index in [4.69, 9.17) is 10.5 Å². The fourth-order valence-electron chi connectivity index (χ4n) is 2.41. The number of nitrogen functional groups attached to an aromatic ring is 1. The number of H-pyrrole nitrogens is 1. The Balaban J connectivity index is 1.95. The largest absolute Gasteiger partial charge is 0.481 e. The molecule has 0 aliphatic heterocycles. The Labute approximate surface area is 150 Å². The number of anilines is 1. The predicted molar refractivity (Wildman–Crippen MR) is 97.7 cm³/mol. The first-order valence-electron chi connectivity index (χ1n) is 6.99. The Bertz CT molecular complexity index is 972. The van der Waals surface area contributed by atoms with Crippen molar-refractivity contribution in [3.8, 4) is 0 Å². The van der Waals surface area contributed by atoms with Gasteiger partial charge in [0.25, 0.3) is 5.56 Å². The summed E-state index contributed by atoms with van der Waals surface area (Å²) in [6.07, 6.45) is 1.79. The molecule has 0 aromatic carbocycles. The van der Waals surface area contributed by atoms with Crippen molar-refractivity contribution < 1.29 is 14.1 Å². The van der Waals surface area contributed by atoms with Crippen LogP contribution in [0.4, 0.5) is 5.95 Å². The maximum Gasteiger partial charge on any atom is 0.280 e. The number of nitrogens with one attached hydrogen (secondary N) is 1. The van der Waals surface area contributed by atoms with Crippen LogP contribution in [0.2, 0.25) is 0 Å². The van der Waals surface area contributed by atoms with E-state index >= 15 is 0 Å². The van der Waals surface area contributed by atoms with Crippen LogP contribution in [0.1, 0.15) is 12.5 Å². The number of allylic oxidation sites excluding steroid dienone is 2. The van der Waals surface area contributed by atoms with Crippen molar-refractivity contribution in [2.45, 2.75) is 12.5 Å². The lowest BCUT2D eigenvalue weighted by Gasteiger charge is -2.13. The molecule has 0 radical (unpaired) electrons. The van der Waals surface area contributed by atoms with E-state index in [0.29, 0.717) is 6.42 Å². The first-order valence-corrected chi connectivity index (χ1v) is 10.9. The topological polar surface area (TPSA) is 133 Å². The van der Waals surface area contributed by atoms with Gasteiger partial charge in [-0.25, -0.2) is 4.98 Å². The lowest BCUT2D eigenvalue weighted by atomic mass is 10.2. The number of hydrogen-bond donors (Lipinski definition) is 2. The molecule has 0 unspecified atom stereocenters. The molecular formula is C13H15IN5O4P. The molecule has 3 rings (SSSR count). The number of halogens is 1. The lowest BCUT2D eigenvalue weighted by Crippen LogP contribution is -2.18. The van der Waals surface area contributed by atoms with Gasteiger partial charge < -0.3 is 19.6 Å². The number of rotatable bonds is 4. The van der Waals surface area contributed by atoms with Gasteiger partial charge in [-0.2, -0.15) is 4.98 Å². The van der Waals surface area contributed by atoms with Gasteiger partial charge in [-0.3, -0.25) is 14.6 Å². The highest BCUT2D eigenvalue weighted by Gasteiger charge is 2.36. The normalized spacial score (nSPS) is 18.6. The quantitative estimate of drug-likeness (QED) is 0.518. The third-order valence-corrected chi connectivity index (χ3v) is 5.13. The SMILES string of the molecule is CP(C)(=O)COC1=C(I)C[C@H](n2cnc3c(=O)[nH]c(N)nc32)C1=O. The van der Waals surface area contributed by atoms with Crippen molar-refractivity contribution in [2.75, 3.05) is 25.4 Å². The average Bonchev–Trinajstić information content (AvgIpc) is 2.98. The van der Waals surface area contributed by atoms with Crippen LogP contribution in [0.25, 0.3) is 11.2 Å². The van der Waals surface area contributed by atoms with E-state index in [1.54, 1.807) is 13.3 Å². The number of nitrogens with zero attached hydrogens (tertiary/aromatic N) is 3. The molecule has 0 saturated carbocycles. The lowest BCUT2D eigenvalue weighted by molar-refractivity contribution is -0.120. The summed E-state index contributed by atoms with van der Waals surface area (Å²) in [6.45, 7) is 3.19. The second-order valence-electron chi connectivity index (χ2n) is 5.94. The Morgan fingerprint density at radius 3 is 2.88 bits per heavy atom. The van der Waals surface area contributed by atoms with Gasteiger partial charge >= 0.3 is 0 Å². The number of Topliss-reactive ketones (excluding diaryl/α,β-unsaturated/α-hetero) is 1. The van der Waals surface area contributed by atoms with Crippen LogP contribution in [0.5, 0.6) is 0 Å². The van der Waals surface area contributed by atoms with E-state index in [1.165, 1.54) is 10.9 Å². The number of carbonyl (C=O) groups is 1. The second-order valence-corrected chi connectivity index (χ2v) is 10.6. The zero-order valence-electron chi connectivity index (χ0n) is 12.9. The van der Waals surface area contributed by atoms with Crippen molar-refractivity contribution >= 4 is 52.6 Å². The number of aromatic amines is 1. The molecule has 2 aromatic rings. The molecule has 0 amide bonds. The highest BCUT2D eigenvalue weighted by molar-refractivity contribution is 14.1. The van der Waals surface area contributed by atoms with Crippen molar-refractivity contribution in [2.24, 2.45) is 0 Å². The zero-order chi connectivity index (χ0) is 17.6. The molecule has 1 atom stereocenters. The molecule has 3 N–H and O–H groups in total. The molecule has 24 heavy (non-hydrogen) atoms. The van der Waals surface area contributed by atoms with Crippen LogP contribution >= 0.6 is 29.7 Å². The Kier molecular flexibility index (Phi) is 4.28. The summed E-state index contributed by atoms with van der Waals surface area (Å²) in [5.41, 5.74) is 5.48. The van der Waals surface area contributed by atoms with Gasteiger partial charge in [0.05, 0.1) is 6.33 Å². The highest BCUT2D eigenvalue weighted by atomic mass is 127. The Hall–Kier alpha value is -1.68. The monoisotopic (exact) mass is 463 g/mol. The molecule has 1 aliphatic carbocycles. The van der Waals surface area contributed by atoms with Gasteiger partial charge in [0.1, 0.15) is 19.5 Å². The van der Waals surface area contributed by atoms with E-state index in [-0.39, 0.29) is 35.0 Å². The first kappa shape index (κ1) is 17.2. The second kappa shape index (κ2) is 5.99. The maximum atomic E-state index is 12.7. The summed E-state index contributed by atoms with van der Waals surface area (Å²) in [5, 5.41) is 0. The number of aromatic nitrogens is 4. The van der Waals surface area contributed by atoms with Gasteiger partial charge in [0.2, 0.25) is 11.7 Å². The molecule has 9 nitrogen and oxygen atoms in total. The standard InChI is InChI=1S/C13H15IN5O4P/c1-24(2,22)5-23-10-6(14)3-7(9(10)20)19-4-16-8-11(19)17-13(15)18-12(8)21/h4,7H,3,5H2,1-2H3,(H3,15,17,18,21)/t7-/m0/s1.